The molecule has 0 heterocycles. The molecule has 20 heavy (non-hydrogen) atoms. The molecular weight excluding hydrogens is 279 g/mol. The number of nitrogens with one attached hydrogen (secondary N) is 1. The molecule has 0 aliphatic carbocycles. The normalized spacial score (nSPS) is 10.3. The average Bonchev–Trinajstić information content (AvgIpc) is 2.45. The van der Waals surface area contributed by atoms with E-state index < -0.39 is 10.7 Å². The fourth-order valence-electron chi connectivity index (χ4n) is 1.73. The van der Waals surface area contributed by atoms with Crippen LogP contribution in [0.2, 0.25) is 0 Å². The summed E-state index contributed by atoms with van der Waals surface area (Å²) in [4.78, 5) is 11.2. The SMILES string of the molecule is CSc1ccc(CNc2cc(F)cc([N+](=O)[O-])c2)cc1. The molecule has 0 spiro atoms. The van der Waals surface area contributed by atoms with Gasteiger partial charge >= 0.3 is 0 Å². The summed E-state index contributed by atoms with van der Waals surface area (Å²) in [6, 6.07) is 11.4. The molecule has 0 unspecified atom stereocenters. The van der Waals surface area contributed by atoms with Crippen LogP contribution >= 0.6 is 11.8 Å². The third kappa shape index (κ3) is 3.71. The van der Waals surface area contributed by atoms with Crippen molar-refractivity contribution in [3.63, 3.8) is 0 Å². The van der Waals surface area contributed by atoms with Gasteiger partial charge in [0.1, 0.15) is 5.82 Å². The molecule has 0 aliphatic rings. The van der Waals surface area contributed by atoms with Crippen LogP contribution in [0.4, 0.5) is 15.8 Å². The first-order valence-electron chi connectivity index (χ1n) is 5.90. The number of thioether (sulfide) groups is 1. The Hall–Kier alpha value is -2.08. The quantitative estimate of drug-likeness (QED) is 0.513. The molecule has 104 valence electrons. The molecule has 0 radical (unpaired) electrons. The van der Waals surface area contributed by atoms with Crippen LogP contribution in [-0.4, -0.2) is 11.2 Å². The molecule has 2 rings (SSSR count). The maximum Gasteiger partial charge on any atom is 0.274 e. The summed E-state index contributed by atoms with van der Waals surface area (Å²) >= 11 is 1.65. The first kappa shape index (κ1) is 14.3. The molecule has 2 aromatic carbocycles. The molecular formula is C14H13FN2O2S. The number of anilines is 1. The summed E-state index contributed by atoms with van der Waals surface area (Å²) in [5, 5.41) is 13.6. The highest BCUT2D eigenvalue weighted by Gasteiger charge is 2.09. The van der Waals surface area contributed by atoms with E-state index in [0.717, 1.165) is 16.5 Å². The van der Waals surface area contributed by atoms with Crippen LogP contribution in [0.5, 0.6) is 0 Å². The molecule has 0 fully saturated rings. The molecule has 0 atom stereocenters. The number of benzene rings is 2. The molecule has 0 saturated heterocycles. The Morgan fingerprint density at radius 2 is 1.95 bits per heavy atom. The lowest BCUT2D eigenvalue weighted by molar-refractivity contribution is -0.385. The van der Waals surface area contributed by atoms with Crippen molar-refractivity contribution >= 4 is 23.1 Å². The van der Waals surface area contributed by atoms with Gasteiger partial charge in [0.05, 0.1) is 11.0 Å². The molecule has 0 aromatic heterocycles. The van der Waals surface area contributed by atoms with Gasteiger partial charge in [0.15, 0.2) is 0 Å². The van der Waals surface area contributed by atoms with E-state index in [0.29, 0.717) is 12.2 Å². The molecule has 0 amide bonds. The third-order valence-electron chi connectivity index (χ3n) is 2.75. The Labute approximate surface area is 120 Å². The first-order chi connectivity index (χ1) is 9.58. The van der Waals surface area contributed by atoms with Crippen LogP contribution in [0, 0.1) is 15.9 Å². The van der Waals surface area contributed by atoms with Gasteiger partial charge in [-0.2, -0.15) is 0 Å². The Kier molecular flexibility index (Phi) is 4.57. The number of nitro groups is 1. The molecule has 4 nitrogen and oxygen atoms in total. The number of hydrogen-bond acceptors (Lipinski definition) is 4. The summed E-state index contributed by atoms with van der Waals surface area (Å²) in [5.74, 6) is -0.626. The summed E-state index contributed by atoms with van der Waals surface area (Å²) in [7, 11) is 0. The average molecular weight is 292 g/mol. The second kappa shape index (κ2) is 6.38. The van der Waals surface area contributed by atoms with Gasteiger partial charge in [-0.25, -0.2) is 4.39 Å². The van der Waals surface area contributed by atoms with E-state index in [9.17, 15) is 14.5 Å². The second-order valence-corrected chi connectivity index (χ2v) is 5.04. The van der Waals surface area contributed by atoms with E-state index in [-0.39, 0.29) is 5.69 Å². The van der Waals surface area contributed by atoms with E-state index in [4.69, 9.17) is 0 Å². The fraction of sp³-hybridized carbons (Fsp3) is 0.143. The highest BCUT2D eigenvalue weighted by atomic mass is 32.2. The Morgan fingerprint density at radius 1 is 1.25 bits per heavy atom. The van der Waals surface area contributed by atoms with Gasteiger partial charge in [0.25, 0.3) is 5.69 Å². The number of hydrogen-bond donors (Lipinski definition) is 1. The van der Waals surface area contributed by atoms with Crippen LogP contribution in [-0.2, 0) is 6.54 Å². The van der Waals surface area contributed by atoms with E-state index in [1.165, 1.54) is 12.1 Å². The fourth-order valence-corrected chi connectivity index (χ4v) is 2.14. The lowest BCUT2D eigenvalue weighted by Crippen LogP contribution is -2.00. The van der Waals surface area contributed by atoms with Gasteiger partial charge in [0, 0.05) is 23.2 Å². The zero-order valence-corrected chi connectivity index (χ0v) is 11.6. The number of rotatable bonds is 5. The van der Waals surface area contributed by atoms with Crippen LogP contribution in [0.25, 0.3) is 0 Å². The van der Waals surface area contributed by atoms with Gasteiger partial charge in [-0.15, -0.1) is 11.8 Å². The summed E-state index contributed by atoms with van der Waals surface area (Å²) in [5.41, 5.74) is 1.16. The first-order valence-corrected chi connectivity index (χ1v) is 7.13. The highest BCUT2D eigenvalue weighted by molar-refractivity contribution is 7.98. The minimum atomic E-state index is -0.626. The number of nitrogens with zero attached hydrogens (tertiary/aromatic N) is 1. The second-order valence-electron chi connectivity index (χ2n) is 4.16. The van der Waals surface area contributed by atoms with Crippen molar-refractivity contribution in [3.05, 3.63) is 64.0 Å². The number of non-ortho nitro benzene ring substituents is 1. The van der Waals surface area contributed by atoms with Crippen LogP contribution in [0.15, 0.2) is 47.4 Å². The number of nitro benzene ring substituents is 1. The van der Waals surface area contributed by atoms with Gasteiger partial charge in [-0.05, 0) is 30.0 Å². The van der Waals surface area contributed by atoms with E-state index in [1.54, 1.807) is 11.8 Å². The minimum absolute atomic E-state index is 0.259. The van der Waals surface area contributed by atoms with E-state index in [1.807, 2.05) is 30.5 Å². The van der Waals surface area contributed by atoms with Crippen molar-refractivity contribution in [3.8, 4) is 0 Å². The van der Waals surface area contributed by atoms with Gasteiger partial charge in [-0.1, -0.05) is 12.1 Å². The largest absolute Gasteiger partial charge is 0.381 e. The summed E-state index contributed by atoms with van der Waals surface area (Å²) in [6.45, 7) is 0.481. The zero-order chi connectivity index (χ0) is 14.5. The van der Waals surface area contributed by atoms with Crippen molar-refractivity contribution in [1.82, 2.24) is 0 Å². The predicted molar refractivity (Wildman–Crippen MR) is 78.6 cm³/mol. The van der Waals surface area contributed by atoms with Crippen molar-refractivity contribution in [2.45, 2.75) is 11.4 Å². The van der Waals surface area contributed by atoms with Crippen LogP contribution in [0.3, 0.4) is 0 Å². The standard InChI is InChI=1S/C14H13FN2O2S/c1-20-14-4-2-10(3-5-14)9-16-12-6-11(15)7-13(8-12)17(18)19/h2-8,16H,9H2,1H3. The molecule has 2 aromatic rings. The molecule has 0 aliphatic heterocycles. The Bertz CT molecular complexity index is 617. The molecule has 6 heteroatoms. The summed E-state index contributed by atoms with van der Waals surface area (Å²) in [6.07, 6.45) is 2.00. The predicted octanol–water partition coefficient (Wildman–Crippen LogP) is 4.07. The minimum Gasteiger partial charge on any atom is -0.381 e. The van der Waals surface area contributed by atoms with Gasteiger partial charge in [-0.3, -0.25) is 10.1 Å². The highest BCUT2D eigenvalue weighted by Crippen LogP contribution is 2.21. The molecule has 0 saturated carbocycles. The topological polar surface area (TPSA) is 55.2 Å². The smallest absolute Gasteiger partial charge is 0.274 e. The Morgan fingerprint density at radius 3 is 2.55 bits per heavy atom. The maximum atomic E-state index is 13.3. The molecule has 1 N–H and O–H groups in total. The lowest BCUT2D eigenvalue weighted by atomic mass is 10.2. The van der Waals surface area contributed by atoms with Crippen molar-refractivity contribution in [1.29, 1.82) is 0 Å². The van der Waals surface area contributed by atoms with Crippen molar-refractivity contribution < 1.29 is 9.31 Å². The Balaban J connectivity index is 2.08. The van der Waals surface area contributed by atoms with Gasteiger partial charge in [0.2, 0.25) is 0 Å². The van der Waals surface area contributed by atoms with Crippen molar-refractivity contribution in [2.24, 2.45) is 0 Å². The maximum absolute atomic E-state index is 13.3. The zero-order valence-electron chi connectivity index (χ0n) is 10.8. The monoisotopic (exact) mass is 292 g/mol. The van der Waals surface area contributed by atoms with Crippen LogP contribution in [0.1, 0.15) is 5.56 Å². The lowest BCUT2D eigenvalue weighted by Gasteiger charge is -2.07. The van der Waals surface area contributed by atoms with Gasteiger partial charge < -0.3 is 5.32 Å². The number of halogens is 1. The van der Waals surface area contributed by atoms with Crippen molar-refractivity contribution in [2.75, 3.05) is 11.6 Å². The van der Waals surface area contributed by atoms with E-state index >= 15 is 0 Å². The third-order valence-corrected chi connectivity index (χ3v) is 3.49. The molecule has 0 bridgehead atoms. The summed E-state index contributed by atoms with van der Waals surface area (Å²) < 4.78 is 13.3. The van der Waals surface area contributed by atoms with Crippen LogP contribution < -0.4 is 5.32 Å². The van der Waals surface area contributed by atoms with E-state index in [2.05, 4.69) is 5.32 Å².